The van der Waals surface area contributed by atoms with Gasteiger partial charge < -0.3 is 10.6 Å². The SMILES string of the molecule is CCN1CCC(N(C)S(=O)(=O)c2cc(CN)sc2C)CC1. The maximum atomic E-state index is 12.8. The second kappa shape index (κ2) is 6.75. The van der Waals surface area contributed by atoms with Crippen LogP contribution in [-0.2, 0) is 16.6 Å². The molecule has 1 fully saturated rings. The van der Waals surface area contributed by atoms with Gasteiger partial charge in [-0.1, -0.05) is 6.92 Å². The molecule has 2 heterocycles. The number of piperidine rings is 1. The second-order valence-corrected chi connectivity index (χ2v) is 8.83. The van der Waals surface area contributed by atoms with E-state index in [1.54, 1.807) is 17.4 Å². The third-order valence-electron chi connectivity index (χ3n) is 4.30. The summed E-state index contributed by atoms with van der Waals surface area (Å²) < 4.78 is 27.2. The summed E-state index contributed by atoms with van der Waals surface area (Å²) in [7, 11) is -1.70. The van der Waals surface area contributed by atoms with Crippen molar-refractivity contribution in [2.24, 2.45) is 5.73 Å². The number of aryl methyl sites for hydroxylation is 1. The largest absolute Gasteiger partial charge is 0.326 e. The molecular formula is C14H25N3O2S2. The average Bonchev–Trinajstić information content (AvgIpc) is 2.88. The number of hydrogen-bond donors (Lipinski definition) is 1. The molecule has 120 valence electrons. The molecule has 2 rings (SSSR count). The standard InChI is InChI=1S/C14H25N3O2S2/c1-4-17-7-5-12(6-8-17)16(3)21(18,19)14-9-13(10-15)20-11(14)2/h9,12H,4-8,10,15H2,1-3H3. The predicted molar refractivity (Wildman–Crippen MR) is 87.0 cm³/mol. The summed E-state index contributed by atoms with van der Waals surface area (Å²) in [4.78, 5) is 4.53. The van der Waals surface area contributed by atoms with Gasteiger partial charge >= 0.3 is 0 Å². The summed E-state index contributed by atoms with van der Waals surface area (Å²) in [6, 6.07) is 1.82. The Labute approximate surface area is 131 Å². The van der Waals surface area contributed by atoms with E-state index in [4.69, 9.17) is 5.73 Å². The third-order valence-corrected chi connectivity index (χ3v) is 7.54. The molecule has 1 aromatic rings. The Bertz CT molecular complexity index is 575. The van der Waals surface area contributed by atoms with Crippen molar-refractivity contribution >= 4 is 21.4 Å². The molecule has 1 saturated heterocycles. The number of likely N-dealkylation sites (tertiary alicyclic amines) is 1. The summed E-state index contributed by atoms with van der Waals surface area (Å²) in [5.74, 6) is 0. The Balaban J connectivity index is 2.17. The van der Waals surface area contributed by atoms with Crippen molar-refractivity contribution in [2.45, 2.75) is 44.2 Å². The van der Waals surface area contributed by atoms with Gasteiger partial charge in [0.05, 0.1) is 4.90 Å². The molecule has 5 nitrogen and oxygen atoms in total. The highest BCUT2D eigenvalue weighted by Crippen LogP contribution is 2.30. The van der Waals surface area contributed by atoms with Gasteiger partial charge in [0.1, 0.15) is 0 Å². The Morgan fingerprint density at radius 3 is 2.52 bits per heavy atom. The molecule has 0 amide bonds. The van der Waals surface area contributed by atoms with Gasteiger partial charge in [-0.2, -0.15) is 4.31 Å². The van der Waals surface area contributed by atoms with Crippen LogP contribution >= 0.6 is 11.3 Å². The van der Waals surface area contributed by atoms with E-state index in [9.17, 15) is 8.42 Å². The fourth-order valence-electron chi connectivity index (χ4n) is 2.83. The van der Waals surface area contributed by atoms with Crippen LogP contribution in [0.4, 0.5) is 0 Å². The fourth-order valence-corrected chi connectivity index (χ4v) is 5.73. The monoisotopic (exact) mass is 331 g/mol. The Morgan fingerprint density at radius 1 is 1.43 bits per heavy atom. The molecule has 0 bridgehead atoms. The minimum atomic E-state index is -3.41. The van der Waals surface area contributed by atoms with Gasteiger partial charge in [0.15, 0.2) is 0 Å². The molecule has 0 radical (unpaired) electrons. The van der Waals surface area contributed by atoms with Gasteiger partial charge in [-0.25, -0.2) is 8.42 Å². The minimum absolute atomic E-state index is 0.0958. The Morgan fingerprint density at radius 2 is 2.05 bits per heavy atom. The van der Waals surface area contributed by atoms with Crippen LogP contribution in [0.25, 0.3) is 0 Å². The maximum absolute atomic E-state index is 12.8. The number of nitrogens with zero attached hydrogens (tertiary/aromatic N) is 2. The third kappa shape index (κ3) is 3.48. The lowest BCUT2D eigenvalue weighted by molar-refractivity contribution is 0.176. The fraction of sp³-hybridized carbons (Fsp3) is 0.714. The molecule has 2 N–H and O–H groups in total. The van der Waals surface area contributed by atoms with Crippen LogP contribution in [0.3, 0.4) is 0 Å². The van der Waals surface area contributed by atoms with E-state index in [2.05, 4.69) is 11.8 Å². The van der Waals surface area contributed by atoms with E-state index < -0.39 is 10.0 Å². The van der Waals surface area contributed by atoms with Crippen molar-refractivity contribution < 1.29 is 8.42 Å². The van der Waals surface area contributed by atoms with Crippen molar-refractivity contribution in [3.63, 3.8) is 0 Å². The first-order valence-corrected chi connectivity index (χ1v) is 9.65. The van der Waals surface area contributed by atoms with Crippen LogP contribution in [0.2, 0.25) is 0 Å². The number of nitrogens with two attached hydrogens (primary N) is 1. The lowest BCUT2D eigenvalue weighted by Gasteiger charge is -2.35. The minimum Gasteiger partial charge on any atom is -0.326 e. The van der Waals surface area contributed by atoms with Crippen molar-refractivity contribution in [1.29, 1.82) is 0 Å². The molecule has 0 saturated carbocycles. The van der Waals surface area contributed by atoms with E-state index in [0.717, 1.165) is 42.2 Å². The summed E-state index contributed by atoms with van der Waals surface area (Å²) in [5, 5.41) is 0. The summed E-state index contributed by atoms with van der Waals surface area (Å²) in [5.41, 5.74) is 5.62. The highest BCUT2D eigenvalue weighted by atomic mass is 32.2. The number of sulfonamides is 1. The summed E-state index contributed by atoms with van der Waals surface area (Å²) in [6.07, 6.45) is 1.80. The van der Waals surface area contributed by atoms with E-state index in [1.165, 1.54) is 11.3 Å². The molecule has 0 aromatic carbocycles. The molecule has 7 heteroatoms. The van der Waals surface area contributed by atoms with Gasteiger partial charge in [0.25, 0.3) is 0 Å². The van der Waals surface area contributed by atoms with Crippen molar-refractivity contribution in [3.8, 4) is 0 Å². The van der Waals surface area contributed by atoms with Crippen LogP contribution in [0.1, 0.15) is 29.5 Å². The maximum Gasteiger partial charge on any atom is 0.244 e. The molecule has 0 spiro atoms. The summed E-state index contributed by atoms with van der Waals surface area (Å²) in [6.45, 7) is 7.36. The van der Waals surface area contributed by atoms with Crippen LogP contribution in [0.15, 0.2) is 11.0 Å². The van der Waals surface area contributed by atoms with Crippen molar-refractivity contribution in [2.75, 3.05) is 26.7 Å². The van der Waals surface area contributed by atoms with Crippen molar-refractivity contribution in [1.82, 2.24) is 9.21 Å². The average molecular weight is 332 g/mol. The highest BCUT2D eigenvalue weighted by Gasteiger charge is 2.32. The zero-order valence-electron chi connectivity index (χ0n) is 13.0. The van der Waals surface area contributed by atoms with E-state index in [-0.39, 0.29) is 6.04 Å². The zero-order chi connectivity index (χ0) is 15.6. The topological polar surface area (TPSA) is 66.6 Å². The van der Waals surface area contributed by atoms with E-state index in [0.29, 0.717) is 11.4 Å². The molecular weight excluding hydrogens is 306 g/mol. The smallest absolute Gasteiger partial charge is 0.244 e. The zero-order valence-corrected chi connectivity index (χ0v) is 14.6. The van der Waals surface area contributed by atoms with Gasteiger partial charge in [0.2, 0.25) is 10.0 Å². The summed E-state index contributed by atoms with van der Waals surface area (Å²) >= 11 is 1.47. The Kier molecular flexibility index (Phi) is 5.43. The Hall–Kier alpha value is -0.470. The lowest BCUT2D eigenvalue weighted by atomic mass is 10.1. The first-order valence-electron chi connectivity index (χ1n) is 7.40. The van der Waals surface area contributed by atoms with E-state index >= 15 is 0 Å². The van der Waals surface area contributed by atoms with Crippen LogP contribution in [0.5, 0.6) is 0 Å². The second-order valence-electron chi connectivity index (χ2n) is 5.52. The first-order chi connectivity index (χ1) is 9.90. The molecule has 1 aliphatic heterocycles. The molecule has 1 aromatic heterocycles. The van der Waals surface area contributed by atoms with Crippen LogP contribution in [0, 0.1) is 6.92 Å². The van der Waals surface area contributed by atoms with Gasteiger partial charge in [-0.15, -0.1) is 11.3 Å². The molecule has 0 aliphatic carbocycles. The van der Waals surface area contributed by atoms with Gasteiger partial charge in [-0.05, 0) is 45.5 Å². The van der Waals surface area contributed by atoms with Crippen molar-refractivity contribution in [3.05, 3.63) is 15.8 Å². The highest BCUT2D eigenvalue weighted by molar-refractivity contribution is 7.89. The first kappa shape index (κ1) is 16.9. The quantitative estimate of drug-likeness (QED) is 0.890. The van der Waals surface area contributed by atoms with E-state index in [1.807, 2.05) is 6.92 Å². The van der Waals surface area contributed by atoms with Crippen LogP contribution < -0.4 is 5.73 Å². The molecule has 0 atom stereocenters. The van der Waals surface area contributed by atoms with Gasteiger partial charge in [-0.3, -0.25) is 0 Å². The van der Waals surface area contributed by atoms with Crippen LogP contribution in [-0.4, -0.2) is 50.3 Å². The molecule has 1 aliphatic rings. The number of hydrogen-bond acceptors (Lipinski definition) is 5. The van der Waals surface area contributed by atoms with Gasteiger partial charge in [0, 0.05) is 29.4 Å². The number of rotatable bonds is 5. The molecule has 21 heavy (non-hydrogen) atoms. The predicted octanol–water partition coefficient (Wildman–Crippen LogP) is 1.62. The normalized spacial score (nSPS) is 18.5. The number of thiophene rings is 1. The molecule has 0 unspecified atom stereocenters. The lowest BCUT2D eigenvalue weighted by Crippen LogP contribution is -2.45.